The van der Waals surface area contributed by atoms with E-state index in [1.54, 1.807) is 0 Å². The van der Waals surface area contributed by atoms with E-state index in [1.807, 2.05) is 29.2 Å². The zero-order valence-electron chi connectivity index (χ0n) is 16.6. The number of ether oxygens (including phenoxy) is 1. The first kappa shape index (κ1) is 19.4. The number of nitrogens with zero attached hydrogens (tertiary/aromatic N) is 2. The number of benzene rings is 2. The largest absolute Gasteiger partial charge is 0.483 e. The maximum Gasteiger partial charge on any atom is 0.260 e. The minimum atomic E-state index is -0.0112. The second-order valence-corrected chi connectivity index (χ2v) is 8.18. The minimum absolute atomic E-state index is 0.0112. The Balaban J connectivity index is 1.49. The van der Waals surface area contributed by atoms with Crippen LogP contribution in [0.25, 0.3) is 0 Å². The van der Waals surface area contributed by atoms with Crippen LogP contribution in [0, 0.1) is 0 Å². The van der Waals surface area contributed by atoms with Gasteiger partial charge >= 0.3 is 0 Å². The molecular weight excluding hydrogens is 336 g/mol. The Bertz CT molecular complexity index is 744. The standard InChI is InChI=1S/C23H30N2O2/c1-23(2,3)20-11-7-8-12-21(20)27-18-22(26)25-15-13-24(14-16-25)17-19-9-5-4-6-10-19/h4-12H,13-18H2,1-3H3. The average molecular weight is 367 g/mol. The van der Waals surface area contributed by atoms with Crippen molar-refractivity contribution in [2.45, 2.75) is 32.7 Å². The number of rotatable bonds is 5. The normalized spacial score (nSPS) is 15.6. The molecule has 144 valence electrons. The summed E-state index contributed by atoms with van der Waals surface area (Å²) >= 11 is 0. The third-order valence-electron chi connectivity index (χ3n) is 5.02. The molecule has 1 heterocycles. The fraction of sp³-hybridized carbons (Fsp3) is 0.435. The van der Waals surface area contributed by atoms with Gasteiger partial charge in [0.1, 0.15) is 5.75 Å². The third kappa shape index (κ3) is 5.33. The molecule has 0 N–H and O–H groups in total. The molecule has 2 aromatic carbocycles. The Morgan fingerprint density at radius 2 is 1.56 bits per heavy atom. The summed E-state index contributed by atoms with van der Waals surface area (Å²) in [5.74, 6) is 0.874. The third-order valence-corrected chi connectivity index (χ3v) is 5.02. The van der Waals surface area contributed by atoms with Crippen molar-refractivity contribution in [3.8, 4) is 5.75 Å². The molecule has 0 saturated carbocycles. The molecule has 0 aromatic heterocycles. The number of amides is 1. The Labute approximate surface area is 162 Å². The summed E-state index contributed by atoms with van der Waals surface area (Å²) in [6.45, 7) is 10.8. The molecule has 0 radical (unpaired) electrons. The molecule has 3 rings (SSSR count). The van der Waals surface area contributed by atoms with Crippen LogP contribution in [0.3, 0.4) is 0 Å². The first-order chi connectivity index (χ1) is 12.9. The Kier molecular flexibility index (Phi) is 6.17. The van der Waals surface area contributed by atoms with E-state index in [4.69, 9.17) is 4.74 Å². The highest BCUT2D eigenvalue weighted by atomic mass is 16.5. The van der Waals surface area contributed by atoms with Crippen LogP contribution in [-0.2, 0) is 16.8 Å². The molecule has 1 amide bonds. The number of hydrogen-bond donors (Lipinski definition) is 0. The average Bonchev–Trinajstić information content (AvgIpc) is 2.67. The van der Waals surface area contributed by atoms with Crippen LogP contribution in [-0.4, -0.2) is 48.5 Å². The van der Waals surface area contributed by atoms with Crippen molar-refractivity contribution in [2.24, 2.45) is 0 Å². The molecule has 4 nitrogen and oxygen atoms in total. The summed E-state index contributed by atoms with van der Waals surface area (Å²) < 4.78 is 5.90. The number of carbonyl (C=O) groups excluding carboxylic acids is 1. The van der Waals surface area contributed by atoms with Gasteiger partial charge in [-0.05, 0) is 22.6 Å². The maximum absolute atomic E-state index is 12.6. The fourth-order valence-electron chi connectivity index (χ4n) is 3.44. The lowest BCUT2D eigenvalue weighted by Gasteiger charge is -2.34. The van der Waals surface area contributed by atoms with Crippen LogP contribution in [0.4, 0.5) is 0 Å². The lowest BCUT2D eigenvalue weighted by molar-refractivity contribution is -0.135. The second-order valence-electron chi connectivity index (χ2n) is 8.18. The van der Waals surface area contributed by atoms with Gasteiger partial charge in [-0.2, -0.15) is 0 Å². The van der Waals surface area contributed by atoms with E-state index in [9.17, 15) is 4.79 Å². The molecule has 0 spiro atoms. The predicted octanol–water partition coefficient (Wildman–Crippen LogP) is 3.71. The maximum atomic E-state index is 12.6. The molecule has 2 aromatic rings. The van der Waals surface area contributed by atoms with Crippen molar-refractivity contribution >= 4 is 5.91 Å². The van der Waals surface area contributed by atoms with Crippen LogP contribution in [0.1, 0.15) is 31.9 Å². The highest BCUT2D eigenvalue weighted by Crippen LogP contribution is 2.30. The minimum Gasteiger partial charge on any atom is -0.483 e. The summed E-state index contributed by atoms with van der Waals surface area (Å²) in [7, 11) is 0. The molecule has 0 aliphatic carbocycles. The van der Waals surface area contributed by atoms with Crippen molar-refractivity contribution in [2.75, 3.05) is 32.8 Å². The van der Waals surface area contributed by atoms with Crippen LogP contribution >= 0.6 is 0 Å². The van der Waals surface area contributed by atoms with Gasteiger partial charge in [-0.1, -0.05) is 69.3 Å². The monoisotopic (exact) mass is 366 g/mol. The topological polar surface area (TPSA) is 32.8 Å². The van der Waals surface area contributed by atoms with Crippen molar-refractivity contribution in [3.05, 3.63) is 65.7 Å². The van der Waals surface area contributed by atoms with Crippen LogP contribution < -0.4 is 4.74 Å². The van der Waals surface area contributed by atoms with Gasteiger partial charge in [0, 0.05) is 32.7 Å². The highest BCUT2D eigenvalue weighted by Gasteiger charge is 2.23. The van der Waals surface area contributed by atoms with E-state index in [1.165, 1.54) is 5.56 Å². The van der Waals surface area contributed by atoms with Crippen LogP contribution in [0.2, 0.25) is 0 Å². The highest BCUT2D eigenvalue weighted by molar-refractivity contribution is 5.78. The molecule has 1 aliphatic rings. The summed E-state index contributed by atoms with van der Waals surface area (Å²) in [6.07, 6.45) is 0. The van der Waals surface area contributed by atoms with Gasteiger partial charge in [0.15, 0.2) is 6.61 Å². The molecule has 4 heteroatoms. The second kappa shape index (κ2) is 8.57. The Hall–Kier alpha value is -2.33. The van der Waals surface area contributed by atoms with Crippen molar-refractivity contribution in [1.82, 2.24) is 9.80 Å². The van der Waals surface area contributed by atoms with Gasteiger partial charge in [0.05, 0.1) is 0 Å². The zero-order valence-corrected chi connectivity index (χ0v) is 16.6. The molecule has 1 aliphatic heterocycles. The summed E-state index contributed by atoms with van der Waals surface area (Å²) in [5, 5.41) is 0. The molecule has 27 heavy (non-hydrogen) atoms. The van der Waals surface area contributed by atoms with Crippen molar-refractivity contribution < 1.29 is 9.53 Å². The smallest absolute Gasteiger partial charge is 0.260 e. The molecular formula is C23H30N2O2. The molecule has 0 bridgehead atoms. The van der Waals surface area contributed by atoms with Gasteiger partial charge in [-0.3, -0.25) is 9.69 Å². The van der Waals surface area contributed by atoms with E-state index in [2.05, 4.69) is 56.0 Å². The Morgan fingerprint density at radius 1 is 0.926 bits per heavy atom. The van der Waals surface area contributed by atoms with Gasteiger partial charge in [0.2, 0.25) is 0 Å². The van der Waals surface area contributed by atoms with Crippen LogP contribution in [0.15, 0.2) is 54.6 Å². The van der Waals surface area contributed by atoms with E-state index in [0.717, 1.165) is 44.0 Å². The fourth-order valence-corrected chi connectivity index (χ4v) is 3.44. The van der Waals surface area contributed by atoms with Crippen molar-refractivity contribution in [3.63, 3.8) is 0 Å². The van der Waals surface area contributed by atoms with Gasteiger partial charge in [0.25, 0.3) is 5.91 Å². The summed E-state index contributed by atoms with van der Waals surface area (Å²) in [6, 6.07) is 18.5. The van der Waals surface area contributed by atoms with E-state index < -0.39 is 0 Å². The van der Waals surface area contributed by atoms with Crippen LogP contribution in [0.5, 0.6) is 5.75 Å². The van der Waals surface area contributed by atoms with Gasteiger partial charge in [-0.15, -0.1) is 0 Å². The number of hydrogen-bond acceptors (Lipinski definition) is 3. The first-order valence-corrected chi connectivity index (χ1v) is 9.70. The van der Waals surface area contributed by atoms with E-state index in [0.29, 0.717) is 0 Å². The zero-order chi connectivity index (χ0) is 19.3. The van der Waals surface area contributed by atoms with Gasteiger partial charge in [-0.25, -0.2) is 0 Å². The van der Waals surface area contributed by atoms with E-state index >= 15 is 0 Å². The predicted molar refractivity (Wildman–Crippen MR) is 109 cm³/mol. The molecule has 1 fully saturated rings. The molecule has 0 atom stereocenters. The lowest BCUT2D eigenvalue weighted by Crippen LogP contribution is -2.49. The quantitative estimate of drug-likeness (QED) is 0.809. The summed E-state index contributed by atoms with van der Waals surface area (Å²) in [5.41, 5.74) is 2.44. The number of para-hydroxylation sites is 1. The lowest BCUT2D eigenvalue weighted by atomic mass is 9.86. The Morgan fingerprint density at radius 3 is 2.22 bits per heavy atom. The van der Waals surface area contributed by atoms with Crippen molar-refractivity contribution in [1.29, 1.82) is 0 Å². The SMILES string of the molecule is CC(C)(C)c1ccccc1OCC(=O)N1CCN(Cc2ccccc2)CC1. The first-order valence-electron chi connectivity index (χ1n) is 9.70. The molecule has 0 unspecified atom stereocenters. The summed E-state index contributed by atoms with van der Waals surface area (Å²) in [4.78, 5) is 16.9. The molecule has 1 saturated heterocycles. The van der Waals surface area contributed by atoms with Gasteiger partial charge < -0.3 is 9.64 Å². The number of piperazine rings is 1. The number of carbonyl (C=O) groups is 1. The van der Waals surface area contributed by atoms with E-state index in [-0.39, 0.29) is 17.9 Å².